The van der Waals surface area contributed by atoms with Crippen LogP contribution in [0.4, 0.5) is 0 Å². The fourth-order valence-electron chi connectivity index (χ4n) is 2.62. The summed E-state index contributed by atoms with van der Waals surface area (Å²) in [5.41, 5.74) is 3.13. The lowest BCUT2D eigenvalue weighted by Gasteiger charge is -2.19. The summed E-state index contributed by atoms with van der Waals surface area (Å²) in [5, 5.41) is 5.83. The van der Waals surface area contributed by atoms with Gasteiger partial charge in [0.1, 0.15) is 0 Å². The van der Waals surface area contributed by atoms with Crippen molar-refractivity contribution in [3.05, 3.63) is 16.6 Å². The number of nitrogens with one attached hydrogen (secondary N) is 1. The molecule has 1 aromatic heterocycles. The van der Waals surface area contributed by atoms with Crippen LogP contribution in [0.3, 0.4) is 0 Å². The fraction of sp³-hybridized carbons (Fsp3) is 0.769. The van der Waals surface area contributed by atoms with Gasteiger partial charge >= 0.3 is 0 Å². The summed E-state index contributed by atoms with van der Waals surface area (Å²) >= 11 is 1.69. The Morgan fingerprint density at radius 3 is 2.56 bits per heavy atom. The van der Waals surface area contributed by atoms with Gasteiger partial charge in [-0.2, -0.15) is 0 Å². The van der Waals surface area contributed by atoms with E-state index in [1.165, 1.54) is 37.9 Å². The maximum Gasteiger partial charge on any atom is 0.0795 e. The highest BCUT2D eigenvalue weighted by atomic mass is 32.1. The molecule has 3 heteroatoms. The van der Waals surface area contributed by atoms with Gasteiger partial charge in [0.2, 0.25) is 0 Å². The first kappa shape index (κ1) is 10.7. The number of aromatic nitrogens is 1. The van der Waals surface area contributed by atoms with Gasteiger partial charge in [-0.1, -0.05) is 0 Å². The molecule has 0 spiro atoms. The highest BCUT2D eigenvalue weighted by Crippen LogP contribution is 2.48. The Hall–Kier alpha value is -0.410. The Balaban J connectivity index is 1.51. The van der Waals surface area contributed by atoms with Gasteiger partial charge in [-0.05, 0) is 56.9 Å². The molecule has 0 amide bonds. The minimum atomic E-state index is 0.422. The molecule has 1 atom stereocenters. The van der Waals surface area contributed by atoms with Crippen LogP contribution >= 0.6 is 11.3 Å². The van der Waals surface area contributed by atoms with E-state index in [-0.39, 0.29) is 0 Å². The summed E-state index contributed by atoms with van der Waals surface area (Å²) < 4.78 is 0. The average molecular weight is 236 g/mol. The summed E-state index contributed by atoms with van der Waals surface area (Å²) in [6.45, 7) is 3.43. The van der Waals surface area contributed by atoms with E-state index in [9.17, 15) is 0 Å². The second-order valence-corrected chi connectivity index (χ2v) is 6.10. The van der Waals surface area contributed by atoms with Crippen LogP contribution in [0.2, 0.25) is 0 Å². The quantitative estimate of drug-likeness (QED) is 0.820. The van der Waals surface area contributed by atoms with Gasteiger partial charge in [-0.25, -0.2) is 4.98 Å². The molecular weight excluding hydrogens is 216 g/mol. The first-order valence-electron chi connectivity index (χ1n) is 6.46. The lowest BCUT2D eigenvalue weighted by molar-refractivity contribution is 0.360. The topological polar surface area (TPSA) is 24.9 Å². The number of thiazole rings is 1. The molecule has 3 rings (SSSR count). The van der Waals surface area contributed by atoms with Crippen LogP contribution in [-0.2, 0) is 0 Å². The Bertz CT molecular complexity index is 316. The normalized spacial score (nSPS) is 22.6. The third-order valence-corrected chi connectivity index (χ3v) is 4.61. The average Bonchev–Trinajstić information content (AvgIpc) is 3.21. The van der Waals surface area contributed by atoms with Crippen LogP contribution in [0.1, 0.15) is 44.3 Å². The van der Waals surface area contributed by atoms with E-state index in [2.05, 4.69) is 22.6 Å². The van der Waals surface area contributed by atoms with Crippen molar-refractivity contribution in [1.82, 2.24) is 10.3 Å². The highest BCUT2D eigenvalue weighted by molar-refractivity contribution is 7.07. The van der Waals surface area contributed by atoms with Crippen molar-refractivity contribution in [3.63, 3.8) is 0 Å². The lowest BCUT2D eigenvalue weighted by atomic mass is 9.97. The zero-order valence-electron chi connectivity index (χ0n) is 9.86. The summed E-state index contributed by atoms with van der Waals surface area (Å²) in [5.74, 6) is 3.05. The molecule has 1 aromatic rings. The van der Waals surface area contributed by atoms with E-state index in [4.69, 9.17) is 0 Å². The number of rotatable bonds is 6. The summed E-state index contributed by atoms with van der Waals surface area (Å²) in [4.78, 5) is 4.37. The zero-order valence-corrected chi connectivity index (χ0v) is 10.7. The van der Waals surface area contributed by atoms with Crippen molar-refractivity contribution in [1.29, 1.82) is 0 Å². The molecular formula is C13H20N2S. The number of hydrogen-bond donors (Lipinski definition) is 1. The summed E-state index contributed by atoms with van der Waals surface area (Å²) in [6.07, 6.45) is 5.92. The van der Waals surface area contributed by atoms with Crippen LogP contribution < -0.4 is 5.32 Å². The SMILES string of the molecule is CC(NCC(C1CC1)C1CC1)c1cscn1. The molecule has 2 aliphatic rings. The highest BCUT2D eigenvalue weighted by Gasteiger charge is 2.41. The van der Waals surface area contributed by atoms with Crippen molar-refractivity contribution < 1.29 is 0 Å². The molecule has 2 fully saturated rings. The lowest BCUT2D eigenvalue weighted by Crippen LogP contribution is -2.28. The molecule has 0 radical (unpaired) electrons. The third kappa shape index (κ3) is 2.46. The molecule has 2 saturated carbocycles. The van der Waals surface area contributed by atoms with Crippen LogP contribution in [0.15, 0.2) is 10.9 Å². The van der Waals surface area contributed by atoms with Gasteiger partial charge in [0.05, 0.1) is 11.2 Å². The smallest absolute Gasteiger partial charge is 0.0795 e. The molecule has 2 aliphatic carbocycles. The predicted molar refractivity (Wildman–Crippen MR) is 67.5 cm³/mol. The standard InChI is InChI=1S/C13H20N2S/c1-9(13-7-16-8-15-13)14-6-12(10-2-3-10)11-4-5-11/h7-12,14H,2-6H2,1H3. The van der Waals surface area contributed by atoms with E-state index in [1.807, 2.05) is 5.51 Å². The van der Waals surface area contributed by atoms with Gasteiger partial charge in [0.15, 0.2) is 0 Å². The zero-order chi connectivity index (χ0) is 11.0. The second-order valence-electron chi connectivity index (χ2n) is 5.38. The molecule has 0 saturated heterocycles. The summed E-state index contributed by atoms with van der Waals surface area (Å²) in [6, 6.07) is 0.422. The van der Waals surface area contributed by atoms with Crippen molar-refractivity contribution >= 4 is 11.3 Å². The molecule has 0 aromatic carbocycles. The first-order chi connectivity index (χ1) is 7.84. The Morgan fingerprint density at radius 2 is 2.06 bits per heavy atom. The molecule has 0 aliphatic heterocycles. The molecule has 16 heavy (non-hydrogen) atoms. The number of hydrogen-bond acceptors (Lipinski definition) is 3. The van der Waals surface area contributed by atoms with Crippen molar-refractivity contribution in [2.24, 2.45) is 17.8 Å². The van der Waals surface area contributed by atoms with Gasteiger partial charge in [0.25, 0.3) is 0 Å². The molecule has 88 valence electrons. The van der Waals surface area contributed by atoms with Gasteiger partial charge in [-0.3, -0.25) is 0 Å². The molecule has 1 heterocycles. The molecule has 0 bridgehead atoms. The predicted octanol–water partition coefficient (Wildman–Crippen LogP) is 3.23. The van der Waals surface area contributed by atoms with E-state index in [0.29, 0.717) is 6.04 Å². The molecule has 1 N–H and O–H groups in total. The van der Waals surface area contributed by atoms with E-state index in [1.54, 1.807) is 11.3 Å². The van der Waals surface area contributed by atoms with Crippen LogP contribution in [0.25, 0.3) is 0 Å². The number of nitrogens with zero attached hydrogens (tertiary/aromatic N) is 1. The fourth-order valence-corrected chi connectivity index (χ4v) is 3.27. The van der Waals surface area contributed by atoms with E-state index in [0.717, 1.165) is 17.8 Å². The largest absolute Gasteiger partial charge is 0.309 e. The van der Waals surface area contributed by atoms with Crippen LogP contribution in [0.5, 0.6) is 0 Å². The Kier molecular flexibility index (Phi) is 2.99. The monoisotopic (exact) mass is 236 g/mol. The van der Waals surface area contributed by atoms with Crippen LogP contribution in [-0.4, -0.2) is 11.5 Å². The van der Waals surface area contributed by atoms with Crippen molar-refractivity contribution in [2.45, 2.75) is 38.6 Å². The van der Waals surface area contributed by atoms with E-state index >= 15 is 0 Å². The van der Waals surface area contributed by atoms with Gasteiger partial charge in [-0.15, -0.1) is 11.3 Å². The first-order valence-corrected chi connectivity index (χ1v) is 7.40. The van der Waals surface area contributed by atoms with Crippen molar-refractivity contribution in [3.8, 4) is 0 Å². The Morgan fingerprint density at radius 1 is 1.38 bits per heavy atom. The minimum absolute atomic E-state index is 0.422. The maximum atomic E-state index is 4.37. The maximum absolute atomic E-state index is 4.37. The van der Waals surface area contributed by atoms with Gasteiger partial charge in [0, 0.05) is 11.4 Å². The third-order valence-electron chi connectivity index (χ3n) is 4.01. The second kappa shape index (κ2) is 4.46. The minimum Gasteiger partial charge on any atom is -0.309 e. The van der Waals surface area contributed by atoms with Crippen molar-refractivity contribution in [2.75, 3.05) is 6.54 Å². The summed E-state index contributed by atoms with van der Waals surface area (Å²) in [7, 11) is 0. The molecule has 1 unspecified atom stereocenters. The van der Waals surface area contributed by atoms with Crippen LogP contribution in [0, 0.1) is 17.8 Å². The van der Waals surface area contributed by atoms with E-state index < -0.39 is 0 Å². The van der Waals surface area contributed by atoms with Gasteiger partial charge < -0.3 is 5.32 Å². The Labute approximate surface area is 101 Å². The molecule has 2 nitrogen and oxygen atoms in total.